The van der Waals surface area contributed by atoms with Crippen molar-refractivity contribution in [1.82, 2.24) is 4.90 Å². The Balaban J connectivity index is 0.00000242. The molecule has 2 rings (SSSR count). The van der Waals surface area contributed by atoms with Crippen LogP contribution in [0.1, 0.15) is 11.1 Å². The first-order chi connectivity index (χ1) is 9.94. The van der Waals surface area contributed by atoms with Crippen LogP contribution in [0.3, 0.4) is 0 Å². The molecule has 2 aromatic rings. The molecule has 0 fully saturated rings. The molecule has 22 heavy (non-hydrogen) atoms. The molecule has 0 aromatic heterocycles. The second-order valence-corrected chi connectivity index (χ2v) is 5.42. The molecule has 3 nitrogen and oxygen atoms in total. The van der Waals surface area contributed by atoms with Crippen molar-refractivity contribution in [2.45, 2.75) is 11.7 Å². The number of aliphatic hydroxyl groups is 2. The molecule has 120 valence electrons. The molecular weight excluding hydrogens is 305 g/mol. The SMILES string of the molecule is CN(C)CC(O)C(O)(c1ccccc1)c1ccc(F)cc1.Cl. The van der Waals surface area contributed by atoms with Gasteiger partial charge >= 0.3 is 0 Å². The van der Waals surface area contributed by atoms with Crippen LogP contribution >= 0.6 is 12.4 Å². The maximum Gasteiger partial charge on any atom is 0.142 e. The minimum Gasteiger partial charge on any atom is -0.388 e. The number of hydrogen-bond acceptors (Lipinski definition) is 3. The van der Waals surface area contributed by atoms with E-state index in [0.29, 0.717) is 11.1 Å². The van der Waals surface area contributed by atoms with Gasteiger partial charge in [0.05, 0.1) is 0 Å². The number of benzene rings is 2. The Labute approximate surface area is 136 Å². The molecular formula is C17H21ClFNO2. The van der Waals surface area contributed by atoms with Crippen molar-refractivity contribution in [1.29, 1.82) is 0 Å². The predicted octanol–water partition coefficient (Wildman–Crippen LogP) is 2.41. The molecule has 0 amide bonds. The third kappa shape index (κ3) is 3.84. The number of nitrogens with zero attached hydrogens (tertiary/aromatic N) is 1. The van der Waals surface area contributed by atoms with Gasteiger partial charge in [0.1, 0.15) is 17.5 Å². The first-order valence-electron chi connectivity index (χ1n) is 6.81. The highest BCUT2D eigenvalue weighted by atomic mass is 35.5. The third-order valence-electron chi connectivity index (χ3n) is 3.52. The Bertz CT molecular complexity index is 577. The first kappa shape index (κ1) is 18.6. The predicted molar refractivity (Wildman–Crippen MR) is 87.6 cm³/mol. The average Bonchev–Trinajstić information content (AvgIpc) is 2.47. The summed E-state index contributed by atoms with van der Waals surface area (Å²) in [7, 11) is 3.64. The zero-order valence-electron chi connectivity index (χ0n) is 12.6. The Morgan fingerprint density at radius 3 is 2.00 bits per heavy atom. The highest BCUT2D eigenvalue weighted by Gasteiger charge is 2.39. The van der Waals surface area contributed by atoms with E-state index in [1.807, 2.05) is 20.2 Å². The van der Waals surface area contributed by atoms with Crippen LogP contribution in [-0.4, -0.2) is 41.9 Å². The summed E-state index contributed by atoms with van der Waals surface area (Å²) < 4.78 is 13.1. The molecule has 2 unspecified atom stereocenters. The van der Waals surface area contributed by atoms with Gasteiger partial charge in [-0.1, -0.05) is 42.5 Å². The topological polar surface area (TPSA) is 43.7 Å². The van der Waals surface area contributed by atoms with Gasteiger partial charge < -0.3 is 15.1 Å². The maximum absolute atomic E-state index is 13.1. The summed E-state index contributed by atoms with van der Waals surface area (Å²) in [5.41, 5.74) is -0.547. The summed E-state index contributed by atoms with van der Waals surface area (Å²) in [6, 6.07) is 14.5. The highest BCUT2D eigenvalue weighted by molar-refractivity contribution is 5.85. The fourth-order valence-electron chi connectivity index (χ4n) is 2.43. The molecule has 0 saturated carbocycles. The van der Waals surface area contributed by atoms with E-state index in [9.17, 15) is 14.6 Å². The second kappa shape index (κ2) is 7.70. The summed E-state index contributed by atoms with van der Waals surface area (Å²) in [6.07, 6.45) is -1.04. The summed E-state index contributed by atoms with van der Waals surface area (Å²) in [5, 5.41) is 21.7. The summed E-state index contributed by atoms with van der Waals surface area (Å²) >= 11 is 0. The lowest BCUT2D eigenvalue weighted by Crippen LogP contribution is -2.46. The lowest BCUT2D eigenvalue weighted by atomic mass is 9.81. The van der Waals surface area contributed by atoms with Crippen LogP contribution in [0.25, 0.3) is 0 Å². The molecule has 0 spiro atoms. The number of halogens is 2. The van der Waals surface area contributed by atoms with Crippen LogP contribution < -0.4 is 0 Å². The van der Waals surface area contributed by atoms with E-state index in [-0.39, 0.29) is 24.8 Å². The summed E-state index contributed by atoms with van der Waals surface area (Å²) in [4.78, 5) is 1.79. The van der Waals surface area contributed by atoms with Gasteiger partial charge in [0.25, 0.3) is 0 Å². The lowest BCUT2D eigenvalue weighted by molar-refractivity contribution is -0.0588. The standard InChI is InChI=1S/C17H20FNO2.ClH/c1-19(2)12-16(20)17(21,13-6-4-3-5-7-13)14-8-10-15(18)11-9-14;/h3-11,16,20-21H,12H2,1-2H3;1H. The second-order valence-electron chi connectivity index (χ2n) is 5.42. The molecule has 0 heterocycles. The molecule has 0 saturated heterocycles. The van der Waals surface area contributed by atoms with Crippen molar-refractivity contribution in [2.24, 2.45) is 0 Å². The Morgan fingerprint density at radius 1 is 1.00 bits per heavy atom. The van der Waals surface area contributed by atoms with Crippen molar-refractivity contribution in [2.75, 3.05) is 20.6 Å². The molecule has 2 atom stereocenters. The normalized spacial score (nSPS) is 15.0. The molecule has 2 N–H and O–H groups in total. The van der Waals surface area contributed by atoms with E-state index in [0.717, 1.165) is 0 Å². The van der Waals surface area contributed by atoms with Crippen LogP contribution in [-0.2, 0) is 5.60 Å². The fraction of sp³-hybridized carbons (Fsp3) is 0.294. The zero-order valence-corrected chi connectivity index (χ0v) is 13.4. The molecule has 2 aromatic carbocycles. The third-order valence-corrected chi connectivity index (χ3v) is 3.52. The monoisotopic (exact) mass is 325 g/mol. The molecule has 0 aliphatic carbocycles. The van der Waals surface area contributed by atoms with Crippen LogP contribution in [0.2, 0.25) is 0 Å². The van der Waals surface area contributed by atoms with Crippen molar-refractivity contribution < 1.29 is 14.6 Å². The van der Waals surface area contributed by atoms with Crippen molar-refractivity contribution in [3.63, 3.8) is 0 Å². The van der Waals surface area contributed by atoms with E-state index in [1.165, 1.54) is 24.3 Å². The largest absolute Gasteiger partial charge is 0.388 e. The lowest BCUT2D eigenvalue weighted by Gasteiger charge is -2.35. The van der Waals surface area contributed by atoms with Crippen LogP contribution in [0.15, 0.2) is 54.6 Å². The molecule has 5 heteroatoms. The van der Waals surface area contributed by atoms with Gasteiger partial charge in [-0.3, -0.25) is 0 Å². The molecule has 0 aliphatic heterocycles. The van der Waals surface area contributed by atoms with Gasteiger partial charge in [-0.2, -0.15) is 0 Å². The quantitative estimate of drug-likeness (QED) is 0.887. The highest BCUT2D eigenvalue weighted by Crippen LogP contribution is 2.33. The van der Waals surface area contributed by atoms with E-state index >= 15 is 0 Å². The molecule has 0 radical (unpaired) electrons. The maximum atomic E-state index is 13.1. The summed E-state index contributed by atoms with van der Waals surface area (Å²) in [6.45, 7) is 0.281. The molecule has 0 bridgehead atoms. The van der Waals surface area contributed by atoms with E-state index in [2.05, 4.69) is 0 Å². The smallest absolute Gasteiger partial charge is 0.142 e. The fourth-order valence-corrected chi connectivity index (χ4v) is 2.43. The number of aliphatic hydroxyl groups excluding tert-OH is 1. The average molecular weight is 326 g/mol. The van der Waals surface area contributed by atoms with E-state index in [1.54, 1.807) is 29.2 Å². The summed E-state index contributed by atoms with van der Waals surface area (Å²) in [5.74, 6) is -0.378. The van der Waals surface area contributed by atoms with Crippen LogP contribution in [0.4, 0.5) is 4.39 Å². The Kier molecular flexibility index (Phi) is 6.50. The van der Waals surface area contributed by atoms with Gasteiger partial charge in [0, 0.05) is 6.54 Å². The van der Waals surface area contributed by atoms with Gasteiger partial charge in [-0.15, -0.1) is 12.4 Å². The first-order valence-corrected chi connectivity index (χ1v) is 6.81. The van der Waals surface area contributed by atoms with Gasteiger partial charge in [0.2, 0.25) is 0 Å². The van der Waals surface area contributed by atoms with E-state index in [4.69, 9.17) is 0 Å². The van der Waals surface area contributed by atoms with Gasteiger partial charge in [-0.25, -0.2) is 4.39 Å². The Morgan fingerprint density at radius 2 is 1.50 bits per heavy atom. The minimum atomic E-state index is -1.58. The van der Waals surface area contributed by atoms with Gasteiger partial charge in [0.15, 0.2) is 0 Å². The molecule has 0 aliphatic rings. The minimum absolute atomic E-state index is 0. The van der Waals surface area contributed by atoms with Crippen LogP contribution in [0.5, 0.6) is 0 Å². The van der Waals surface area contributed by atoms with Crippen LogP contribution in [0, 0.1) is 5.82 Å². The number of rotatable bonds is 5. The van der Waals surface area contributed by atoms with Crippen molar-refractivity contribution in [3.8, 4) is 0 Å². The van der Waals surface area contributed by atoms with E-state index < -0.39 is 11.7 Å². The zero-order chi connectivity index (χ0) is 15.5. The van der Waals surface area contributed by atoms with Crippen molar-refractivity contribution >= 4 is 12.4 Å². The van der Waals surface area contributed by atoms with Crippen molar-refractivity contribution in [3.05, 3.63) is 71.5 Å². The Hall–Kier alpha value is -1.46. The number of hydrogen-bond donors (Lipinski definition) is 2. The number of likely N-dealkylation sites (N-methyl/N-ethyl adjacent to an activating group) is 1. The van der Waals surface area contributed by atoms with Gasteiger partial charge in [-0.05, 0) is 37.4 Å².